The Kier molecular flexibility index (Phi) is 4.77. The summed E-state index contributed by atoms with van der Waals surface area (Å²) in [5.74, 6) is 0.259. The molecule has 21 heavy (non-hydrogen) atoms. The highest BCUT2D eigenvalue weighted by atomic mass is 16.5. The highest BCUT2D eigenvalue weighted by molar-refractivity contribution is 5.94. The van der Waals surface area contributed by atoms with Crippen LogP contribution in [0.3, 0.4) is 0 Å². The lowest BCUT2D eigenvalue weighted by Gasteiger charge is -2.31. The Bertz CT molecular complexity index is 513. The van der Waals surface area contributed by atoms with Crippen LogP contribution in [-0.2, 0) is 9.53 Å². The lowest BCUT2D eigenvalue weighted by atomic mass is 9.97. The van der Waals surface area contributed by atoms with Crippen molar-refractivity contribution in [2.24, 2.45) is 5.92 Å². The van der Waals surface area contributed by atoms with E-state index in [1.165, 1.54) is 7.11 Å². The minimum atomic E-state index is -0.242. The summed E-state index contributed by atoms with van der Waals surface area (Å²) in [6, 6.07) is 3.58. The lowest BCUT2D eigenvalue weighted by Crippen LogP contribution is -2.42. The third-order valence-electron chi connectivity index (χ3n) is 3.70. The van der Waals surface area contributed by atoms with Crippen molar-refractivity contribution in [2.75, 3.05) is 39.2 Å². The van der Waals surface area contributed by atoms with Gasteiger partial charge in [-0.05, 0) is 25.0 Å². The predicted molar refractivity (Wildman–Crippen MR) is 79.2 cm³/mol. The van der Waals surface area contributed by atoms with E-state index in [0.717, 1.165) is 18.7 Å². The maximum atomic E-state index is 12.5. The van der Waals surface area contributed by atoms with Gasteiger partial charge >= 0.3 is 5.97 Å². The van der Waals surface area contributed by atoms with Gasteiger partial charge in [0.05, 0.1) is 18.6 Å². The molecule has 0 bridgehead atoms. The molecule has 0 N–H and O–H groups in total. The molecule has 1 aromatic heterocycles. The second kappa shape index (κ2) is 6.56. The monoisotopic (exact) mass is 291 g/mol. The third kappa shape index (κ3) is 3.51. The molecule has 114 valence electrons. The summed E-state index contributed by atoms with van der Waals surface area (Å²) in [7, 11) is 5.18. The van der Waals surface area contributed by atoms with E-state index in [1.54, 1.807) is 17.2 Å². The SMILES string of the molecule is COC(=O)C1CCCN(C(=O)c2ccc(N(C)C)nc2)C1. The first-order valence-electron chi connectivity index (χ1n) is 7.03. The Morgan fingerprint density at radius 3 is 2.71 bits per heavy atom. The van der Waals surface area contributed by atoms with E-state index in [2.05, 4.69) is 4.98 Å². The minimum absolute atomic E-state index is 0.0820. The number of rotatable bonds is 3. The number of ether oxygens (including phenoxy) is 1. The Morgan fingerprint density at radius 2 is 2.14 bits per heavy atom. The summed E-state index contributed by atoms with van der Waals surface area (Å²) >= 11 is 0. The molecule has 0 aliphatic carbocycles. The second-order valence-electron chi connectivity index (χ2n) is 5.41. The Labute approximate surface area is 124 Å². The van der Waals surface area contributed by atoms with Crippen LogP contribution in [0.1, 0.15) is 23.2 Å². The van der Waals surface area contributed by atoms with Gasteiger partial charge in [-0.25, -0.2) is 4.98 Å². The van der Waals surface area contributed by atoms with Crippen molar-refractivity contribution in [3.63, 3.8) is 0 Å². The minimum Gasteiger partial charge on any atom is -0.469 e. The number of methoxy groups -OCH3 is 1. The number of carbonyl (C=O) groups excluding carboxylic acids is 2. The number of likely N-dealkylation sites (tertiary alicyclic amines) is 1. The molecule has 1 atom stereocenters. The fraction of sp³-hybridized carbons (Fsp3) is 0.533. The number of piperidine rings is 1. The van der Waals surface area contributed by atoms with Crippen molar-refractivity contribution in [1.82, 2.24) is 9.88 Å². The van der Waals surface area contributed by atoms with Crippen molar-refractivity contribution in [1.29, 1.82) is 0 Å². The van der Waals surface area contributed by atoms with Crippen molar-refractivity contribution >= 4 is 17.7 Å². The first-order chi connectivity index (χ1) is 10.0. The van der Waals surface area contributed by atoms with Crippen molar-refractivity contribution in [3.8, 4) is 0 Å². The zero-order chi connectivity index (χ0) is 15.4. The molecule has 1 aliphatic heterocycles. The molecule has 0 saturated carbocycles. The Hall–Kier alpha value is -2.11. The highest BCUT2D eigenvalue weighted by Crippen LogP contribution is 2.20. The molecule has 0 aromatic carbocycles. The second-order valence-corrected chi connectivity index (χ2v) is 5.41. The number of hydrogen-bond acceptors (Lipinski definition) is 5. The summed E-state index contributed by atoms with van der Waals surface area (Å²) in [4.78, 5) is 31.9. The topological polar surface area (TPSA) is 62.7 Å². The molecule has 1 aliphatic rings. The average Bonchev–Trinajstić information content (AvgIpc) is 2.53. The first-order valence-corrected chi connectivity index (χ1v) is 7.03. The number of pyridine rings is 1. The van der Waals surface area contributed by atoms with Gasteiger partial charge in [-0.1, -0.05) is 0 Å². The molecule has 1 fully saturated rings. The van der Waals surface area contributed by atoms with Gasteiger partial charge in [-0.3, -0.25) is 9.59 Å². The van der Waals surface area contributed by atoms with Gasteiger partial charge < -0.3 is 14.5 Å². The molecule has 0 radical (unpaired) electrons. The van der Waals surface area contributed by atoms with Crippen LogP contribution in [0.15, 0.2) is 18.3 Å². The zero-order valence-electron chi connectivity index (χ0n) is 12.7. The van der Waals surface area contributed by atoms with Crippen LogP contribution in [0.2, 0.25) is 0 Å². The van der Waals surface area contributed by atoms with Crippen LogP contribution in [0.4, 0.5) is 5.82 Å². The number of aromatic nitrogens is 1. The van der Waals surface area contributed by atoms with Gasteiger partial charge in [0.2, 0.25) is 0 Å². The maximum absolute atomic E-state index is 12.5. The number of hydrogen-bond donors (Lipinski definition) is 0. The number of esters is 1. The van der Waals surface area contributed by atoms with Gasteiger partial charge in [0.15, 0.2) is 0 Å². The largest absolute Gasteiger partial charge is 0.469 e. The van der Waals surface area contributed by atoms with E-state index in [9.17, 15) is 9.59 Å². The molecule has 1 amide bonds. The van der Waals surface area contributed by atoms with Gasteiger partial charge in [-0.15, -0.1) is 0 Å². The molecule has 6 heteroatoms. The van der Waals surface area contributed by atoms with Crippen molar-refractivity contribution < 1.29 is 14.3 Å². The Balaban J connectivity index is 2.06. The number of carbonyl (C=O) groups is 2. The van der Waals surface area contributed by atoms with E-state index in [1.807, 2.05) is 25.1 Å². The molecule has 2 heterocycles. The summed E-state index contributed by atoms with van der Waals surface area (Å²) in [6.07, 6.45) is 3.17. The van der Waals surface area contributed by atoms with Crippen LogP contribution in [0.25, 0.3) is 0 Å². The first kappa shape index (κ1) is 15.3. The quantitative estimate of drug-likeness (QED) is 0.782. The average molecular weight is 291 g/mol. The van der Waals surface area contributed by atoms with E-state index in [4.69, 9.17) is 4.74 Å². The summed E-state index contributed by atoms with van der Waals surface area (Å²) < 4.78 is 4.77. The van der Waals surface area contributed by atoms with Crippen LogP contribution in [0, 0.1) is 5.92 Å². The fourth-order valence-corrected chi connectivity index (χ4v) is 2.48. The standard InChI is InChI=1S/C15H21N3O3/c1-17(2)13-7-6-11(9-16-13)14(19)18-8-4-5-12(10-18)15(20)21-3/h6-7,9,12H,4-5,8,10H2,1-3H3. The van der Waals surface area contributed by atoms with Crippen LogP contribution in [-0.4, -0.2) is 56.1 Å². The molecule has 2 rings (SSSR count). The third-order valence-corrected chi connectivity index (χ3v) is 3.70. The predicted octanol–water partition coefficient (Wildman–Crippen LogP) is 1.17. The van der Waals surface area contributed by atoms with Crippen molar-refractivity contribution in [3.05, 3.63) is 23.9 Å². The molecular weight excluding hydrogens is 270 g/mol. The van der Waals surface area contributed by atoms with E-state index >= 15 is 0 Å². The molecule has 1 unspecified atom stereocenters. The fourth-order valence-electron chi connectivity index (χ4n) is 2.48. The normalized spacial score (nSPS) is 18.2. The van der Waals surface area contributed by atoms with E-state index in [0.29, 0.717) is 18.7 Å². The summed E-state index contributed by atoms with van der Waals surface area (Å²) in [5.41, 5.74) is 0.547. The number of anilines is 1. The van der Waals surface area contributed by atoms with Gasteiger partial charge in [-0.2, -0.15) is 0 Å². The molecule has 0 spiro atoms. The number of amides is 1. The van der Waals surface area contributed by atoms with E-state index < -0.39 is 0 Å². The van der Waals surface area contributed by atoms with Gasteiger partial charge in [0, 0.05) is 33.4 Å². The van der Waals surface area contributed by atoms with Crippen LogP contribution >= 0.6 is 0 Å². The number of nitrogens with zero attached hydrogens (tertiary/aromatic N) is 3. The van der Waals surface area contributed by atoms with Crippen LogP contribution in [0.5, 0.6) is 0 Å². The van der Waals surface area contributed by atoms with Crippen molar-refractivity contribution in [2.45, 2.75) is 12.8 Å². The smallest absolute Gasteiger partial charge is 0.310 e. The summed E-state index contributed by atoms with van der Waals surface area (Å²) in [5, 5.41) is 0. The van der Waals surface area contributed by atoms with Gasteiger partial charge in [0.1, 0.15) is 5.82 Å². The van der Waals surface area contributed by atoms with Gasteiger partial charge in [0.25, 0.3) is 5.91 Å². The highest BCUT2D eigenvalue weighted by Gasteiger charge is 2.29. The Morgan fingerprint density at radius 1 is 1.38 bits per heavy atom. The molecule has 6 nitrogen and oxygen atoms in total. The molecule has 1 aromatic rings. The summed E-state index contributed by atoms with van der Waals surface area (Å²) in [6.45, 7) is 1.09. The molecule has 1 saturated heterocycles. The van der Waals surface area contributed by atoms with E-state index in [-0.39, 0.29) is 17.8 Å². The molecular formula is C15H21N3O3. The van der Waals surface area contributed by atoms with Crippen LogP contribution < -0.4 is 4.90 Å². The zero-order valence-corrected chi connectivity index (χ0v) is 12.7. The lowest BCUT2D eigenvalue weighted by molar-refractivity contribution is -0.146. The maximum Gasteiger partial charge on any atom is 0.310 e.